The first-order chi connectivity index (χ1) is 11.9. The SMILES string of the molecule is CC(=S)NC[C@H]1CN(c2ccc(C3CCSC(O)C3)c(F)c2)C(=O)O1. The number of nitrogens with zero attached hydrogens (tertiary/aromatic N) is 1. The number of aliphatic hydroxyl groups is 1. The fourth-order valence-corrected chi connectivity index (χ4v) is 4.31. The lowest BCUT2D eigenvalue weighted by atomic mass is 9.92. The minimum atomic E-state index is -0.481. The second-order valence-corrected chi connectivity index (χ2v) is 8.20. The predicted molar refractivity (Wildman–Crippen MR) is 101 cm³/mol. The average molecular weight is 384 g/mol. The zero-order valence-electron chi connectivity index (χ0n) is 13.9. The van der Waals surface area contributed by atoms with E-state index in [9.17, 15) is 14.3 Å². The van der Waals surface area contributed by atoms with Crippen LogP contribution in [-0.2, 0) is 4.74 Å². The molecule has 3 rings (SSSR count). The molecule has 1 amide bonds. The lowest BCUT2D eigenvalue weighted by Gasteiger charge is -2.26. The van der Waals surface area contributed by atoms with E-state index in [4.69, 9.17) is 17.0 Å². The van der Waals surface area contributed by atoms with Crippen molar-refractivity contribution in [1.29, 1.82) is 0 Å². The standard InChI is InChI=1S/C17H21FN2O3S2/c1-10(24)19-8-13-9-20(17(22)23-13)12-2-3-14(15(18)7-12)11-4-5-25-16(21)6-11/h2-3,7,11,13,16,21H,4-6,8-9H2,1H3,(H,19,24)/t11?,13-,16?/m0/s1. The van der Waals surface area contributed by atoms with Gasteiger partial charge >= 0.3 is 6.09 Å². The van der Waals surface area contributed by atoms with Gasteiger partial charge in [-0.3, -0.25) is 4.90 Å². The van der Waals surface area contributed by atoms with Crippen molar-refractivity contribution in [3.63, 3.8) is 0 Å². The quantitative estimate of drug-likeness (QED) is 0.778. The van der Waals surface area contributed by atoms with E-state index in [1.165, 1.54) is 22.7 Å². The van der Waals surface area contributed by atoms with Crippen LogP contribution in [-0.4, -0.2) is 46.6 Å². The molecule has 2 unspecified atom stereocenters. The summed E-state index contributed by atoms with van der Waals surface area (Å²) in [4.78, 5) is 14.1. The molecule has 1 aromatic rings. The maximum Gasteiger partial charge on any atom is 0.414 e. The van der Waals surface area contributed by atoms with Crippen molar-refractivity contribution in [2.75, 3.05) is 23.7 Å². The fourth-order valence-electron chi connectivity index (χ4n) is 3.17. The number of aliphatic hydroxyl groups excluding tert-OH is 1. The minimum absolute atomic E-state index is 0.0124. The third-order valence-corrected chi connectivity index (χ3v) is 5.64. The Bertz CT molecular complexity index is 673. The van der Waals surface area contributed by atoms with Gasteiger partial charge in [-0.1, -0.05) is 18.3 Å². The number of cyclic esters (lactones) is 1. The number of thioether (sulfide) groups is 1. The Kier molecular flexibility index (Phi) is 5.81. The van der Waals surface area contributed by atoms with Gasteiger partial charge in [-0.25, -0.2) is 9.18 Å². The van der Waals surface area contributed by atoms with Crippen LogP contribution in [0.2, 0.25) is 0 Å². The molecule has 0 saturated carbocycles. The first-order valence-electron chi connectivity index (χ1n) is 8.25. The number of anilines is 1. The van der Waals surface area contributed by atoms with Crippen molar-refractivity contribution >= 4 is 40.7 Å². The van der Waals surface area contributed by atoms with Gasteiger partial charge in [0.05, 0.1) is 29.2 Å². The molecule has 2 saturated heterocycles. The number of halogens is 1. The number of carbonyl (C=O) groups is 1. The Balaban J connectivity index is 1.70. The summed E-state index contributed by atoms with van der Waals surface area (Å²) in [5, 5.41) is 12.7. The van der Waals surface area contributed by atoms with Gasteiger partial charge < -0.3 is 15.2 Å². The van der Waals surface area contributed by atoms with E-state index in [0.29, 0.717) is 35.7 Å². The van der Waals surface area contributed by atoms with Gasteiger partial charge in [-0.05, 0) is 49.1 Å². The zero-order valence-corrected chi connectivity index (χ0v) is 15.5. The van der Waals surface area contributed by atoms with Crippen LogP contribution >= 0.6 is 24.0 Å². The highest BCUT2D eigenvalue weighted by Gasteiger charge is 2.33. The summed E-state index contributed by atoms with van der Waals surface area (Å²) in [7, 11) is 0. The number of amides is 1. The van der Waals surface area contributed by atoms with Gasteiger partial charge in [0.2, 0.25) is 0 Å². The number of benzene rings is 1. The van der Waals surface area contributed by atoms with Gasteiger partial charge in [0.25, 0.3) is 0 Å². The molecule has 2 aliphatic heterocycles. The van der Waals surface area contributed by atoms with Crippen molar-refractivity contribution in [3.8, 4) is 0 Å². The van der Waals surface area contributed by atoms with E-state index >= 15 is 0 Å². The largest absolute Gasteiger partial charge is 0.442 e. The smallest absolute Gasteiger partial charge is 0.414 e. The van der Waals surface area contributed by atoms with E-state index in [0.717, 1.165) is 12.2 Å². The van der Waals surface area contributed by atoms with E-state index in [1.807, 2.05) is 0 Å². The minimum Gasteiger partial charge on any atom is -0.442 e. The number of ether oxygens (including phenoxy) is 1. The van der Waals surface area contributed by atoms with E-state index in [1.54, 1.807) is 19.1 Å². The van der Waals surface area contributed by atoms with E-state index in [-0.39, 0.29) is 17.8 Å². The van der Waals surface area contributed by atoms with Crippen molar-refractivity contribution in [2.24, 2.45) is 0 Å². The van der Waals surface area contributed by atoms with Crippen molar-refractivity contribution < 1.29 is 19.0 Å². The van der Waals surface area contributed by atoms with Crippen LogP contribution in [0.15, 0.2) is 18.2 Å². The number of hydrogen-bond donors (Lipinski definition) is 2. The first kappa shape index (κ1) is 18.4. The summed E-state index contributed by atoms with van der Waals surface area (Å²) < 4.78 is 19.9. The van der Waals surface area contributed by atoms with Crippen LogP contribution < -0.4 is 10.2 Å². The predicted octanol–water partition coefficient (Wildman–Crippen LogP) is 3.02. The number of nitrogens with one attached hydrogen (secondary N) is 1. The molecular weight excluding hydrogens is 363 g/mol. The summed E-state index contributed by atoms with van der Waals surface area (Å²) in [5.41, 5.74) is 0.646. The van der Waals surface area contributed by atoms with Crippen molar-refractivity contribution in [3.05, 3.63) is 29.6 Å². The molecule has 0 aliphatic carbocycles. The second kappa shape index (κ2) is 7.88. The first-order valence-corrected chi connectivity index (χ1v) is 9.71. The Morgan fingerprint density at radius 3 is 3.04 bits per heavy atom. The van der Waals surface area contributed by atoms with Crippen molar-refractivity contribution in [2.45, 2.75) is 37.2 Å². The maximum atomic E-state index is 14.6. The molecule has 5 nitrogen and oxygen atoms in total. The molecule has 1 aromatic carbocycles. The molecule has 0 aromatic heterocycles. The molecule has 2 heterocycles. The van der Waals surface area contributed by atoms with Crippen molar-refractivity contribution in [1.82, 2.24) is 5.32 Å². The Morgan fingerprint density at radius 2 is 2.36 bits per heavy atom. The molecule has 0 spiro atoms. The summed E-state index contributed by atoms with van der Waals surface area (Å²) in [6.45, 7) is 2.56. The Labute approximate surface area is 155 Å². The van der Waals surface area contributed by atoms with Gasteiger partial charge in [0, 0.05) is 0 Å². The zero-order chi connectivity index (χ0) is 18.0. The van der Waals surface area contributed by atoms with Crippen LogP contribution in [0, 0.1) is 5.82 Å². The molecule has 0 bridgehead atoms. The molecular formula is C17H21FN2O3S2. The molecule has 0 radical (unpaired) electrons. The monoisotopic (exact) mass is 384 g/mol. The van der Waals surface area contributed by atoms with Gasteiger partial charge in [-0.2, -0.15) is 0 Å². The fraction of sp³-hybridized carbons (Fsp3) is 0.529. The maximum absolute atomic E-state index is 14.6. The lowest BCUT2D eigenvalue weighted by molar-refractivity contribution is 0.143. The molecule has 2 aliphatic rings. The highest BCUT2D eigenvalue weighted by Crippen LogP contribution is 2.37. The summed E-state index contributed by atoms with van der Waals surface area (Å²) >= 11 is 6.45. The van der Waals surface area contributed by atoms with Crippen LogP contribution in [0.1, 0.15) is 31.2 Å². The number of rotatable bonds is 4. The molecule has 25 heavy (non-hydrogen) atoms. The van der Waals surface area contributed by atoms with Crippen LogP contribution in [0.25, 0.3) is 0 Å². The van der Waals surface area contributed by atoms with Gasteiger partial charge in [-0.15, -0.1) is 11.8 Å². The number of carbonyl (C=O) groups excluding carboxylic acids is 1. The number of hydrogen-bond acceptors (Lipinski definition) is 5. The molecule has 136 valence electrons. The highest BCUT2D eigenvalue weighted by atomic mass is 32.2. The summed E-state index contributed by atoms with van der Waals surface area (Å²) in [6, 6.07) is 4.84. The molecule has 2 fully saturated rings. The normalized spacial score (nSPS) is 26.4. The topological polar surface area (TPSA) is 61.8 Å². The average Bonchev–Trinajstić information content (AvgIpc) is 2.94. The molecule has 8 heteroatoms. The van der Waals surface area contributed by atoms with Gasteiger partial charge in [0.15, 0.2) is 0 Å². The van der Waals surface area contributed by atoms with E-state index < -0.39 is 11.5 Å². The summed E-state index contributed by atoms with van der Waals surface area (Å²) in [5.74, 6) is 0.489. The molecule has 3 atom stereocenters. The van der Waals surface area contributed by atoms with E-state index in [2.05, 4.69) is 5.32 Å². The third-order valence-electron chi connectivity index (χ3n) is 4.45. The lowest BCUT2D eigenvalue weighted by Crippen LogP contribution is -2.32. The molecule has 2 N–H and O–H groups in total. The van der Waals surface area contributed by atoms with Crippen LogP contribution in [0.4, 0.5) is 14.9 Å². The third kappa shape index (κ3) is 4.43. The second-order valence-electron chi connectivity index (χ2n) is 6.31. The Hall–Kier alpha value is -1.38. The van der Waals surface area contributed by atoms with Crippen LogP contribution in [0.5, 0.6) is 0 Å². The summed E-state index contributed by atoms with van der Waals surface area (Å²) in [6.07, 6.45) is 0.593. The highest BCUT2D eigenvalue weighted by molar-refractivity contribution is 7.99. The van der Waals surface area contributed by atoms with Crippen LogP contribution in [0.3, 0.4) is 0 Å². The Morgan fingerprint density at radius 1 is 1.56 bits per heavy atom. The number of thiocarbonyl (C=S) groups is 1. The van der Waals surface area contributed by atoms with Gasteiger partial charge in [0.1, 0.15) is 11.9 Å².